The van der Waals surface area contributed by atoms with Crippen LogP contribution < -0.4 is 11.1 Å². The minimum absolute atomic E-state index is 0.110. The zero-order valence-corrected chi connectivity index (χ0v) is 8.17. The number of carbonyl (C=O) groups excluding carboxylic acids is 2. The van der Waals surface area contributed by atoms with Crippen molar-refractivity contribution in [2.45, 2.75) is 0 Å². The molecule has 1 rings (SSSR count). The van der Waals surface area contributed by atoms with Crippen molar-refractivity contribution in [3.8, 4) is 0 Å². The van der Waals surface area contributed by atoms with E-state index >= 15 is 0 Å². The molecular weight excluding hydrogens is 214 g/mol. The minimum Gasteiger partial charge on any atom is -0.366 e. The zero-order chi connectivity index (χ0) is 12.1. The highest BCUT2D eigenvalue weighted by molar-refractivity contribution is 6.03. The highest BCUT2D eigenvalue weighted by Gasteiger charge is 2.13. The fraction of sp³-hybridized carbons (Fsp3) is 0.111. The standard InChI is InChI=1S/C9H9N3O4/c10-9(14)6-3-1-2-4-7(6)11-8(13)5-12(15)16/h1-4H,5H2,(H2,10,14)(H,11,13). The Labute approximate surface area is 90.4 Å². The summed E-state index contributed by atoms with van der Waals surface area (Å²) in [6, 6.07) is 6.01. The molecule has 0 bridgehead atoms. The number of benzene rings is 1. The Morgan fingerprint density at radius 2 is 2.00 bits per heavy atom. The Kier molecular flexibility index (Phi) is 3.54. The monoisotopic (exact) mass is 223 g/mol. The van der Waals surface area contributed by atoms with Crippen LogP contribution in [0.1, 0.15) is 10.4 Å². The van der Waals surface area contributed by atoms with Crippen LogP contribution in [0.4, 0.5) is 5.69 Å². The number of rotatable bonds is 4. The summed E-state index contributed by atoms with van der Waals surface area (Å²) in [7, 11) is 0. The number of nitrogens with one attached hydrogen (secondary N) is 1. The van der Waals surface area contributed by atoms with Crippen LogP contribution in [-0.2, 0) is 4.79 Å². The van der Waals surface area contributed by atoms with Gasteiger partial charge in [-0.1, -0.05) is 12.1 Å². The normalized spacial score (nSPS) is 9.50. The molecule has 0 radical (unpaired) electrons. The largest absolute Gasteiger partial charge is 0.366 e. The van der Waals surface area contributed by atoms with Crippen LogP contribution in [0, 0.1) is 10.1 Å². The van der Waals surface area contributed by atoms with Crippen LogP contribution in [0.2, 0.25) is 0 Å². The lowest BCUT2D eigenvalue weighted by atomic mass is 10.1. The van der Waals surface area contributed by atoms with Gasteiger partial charge in [0, 0.05) is 4.92 Å². The topological polar surface area (TPSA) is 115 Å². The van der Waals surface area contributed by atoms with E-state index < -0.39 is 23.3 Å². The maximum Gasteiger partial charge on any atom is 0.296 e. The van der Waals surface area contributed by atoms with Crippen LogP contribution in [0.25, 0.3) is 0 Å². The Balaban J connectivity index is 2.84. The van der Waals surface area contributed by atoms with Crippen LogP contribution in [-0.4, -0.2) is 23.3 Å². The molecule has 0 unspecified atom stereocenters. The van der Waals surface area contributed by atoms with Gasteiger partial charge in [-0.15, -0.1) is 0 Å². The number of primary amides is 1. The van der Waals surface area contributed by atoms with Crippen molar-refractivity contribution in [3.63, 3.8) is 0 Å². The lowest BCUT2D eigenvalue weighted by molar-refractivity contribution is -0.467. The highest BCUT2D eigenvalue weighted by Crippen LogP contribution is 2.13. The third-order valence-corrected chi connectivity index (χ3v) is 1.74. The molecule has 16 heavy (non-hydrogen) atoms. The Morgan fingerprint density at radius 1 is 1.38 bits per heavy atom. The van der Waals surface area contributed by atoms with Gasteiger partial charge in [-0.05, 0) is 12.1 Å². The summed E-state index contributed by atoms with van der Waals surface area (Å²) in [5.74, 6) is -1.52. The van der Waals surface area contributed by atoms with E-state index in [1.54, 1.807) is 12.1 Å². The van der Waals surface area contributed by atoms with Gasteiger partial charge >= 0.3 is 0 Å². The first-order valence-electron chi connectivity index (χ1n) is 4.31. The van der Waals surface area contributed by atoms with Crippen LogP contribution in [0.15, 0.2) is 24.3 Å². The smallest absolute Gasteiger partial charge is 0.296 e. The third-order valence-electron chi connectivity index (χ3n) is 1.74. The molecule has 1 aromatic carbocycles. The third kappa shape index (κ3) is 3.05. The molecule has 0 aliphatic heterocycles. The van der Waals surface area contributed by atoms with E-state index in [2.05, 4.69) is 5.32 Å². The van der Waals surface area contributed by atoms with Crippen LogP contribution >= 0.6 is 0 Å². The molecule has 84 valence electrons. The molecule has 0 saturated carbocycles. The number of nitrogens with zero attached hydrogens (tertiary/aromatic N) is 1. The number of carbonyl (C=O) groups is 2. The van der Waals surface area contributed by atoms with E-state index in [0.717, 1.165) is 0 Å². The average molecular weight is 223 g/mol. The molecule has 0 aliphatic carbocycles. The summed E-state index contributed by atoms with van der Waals surface area (Å²) in [5.41, 5.74) is 5.35. The summed E-state index contributed by atoms with van der Waals surface area (Å²) >= 11 is 0. The molecular formula is C9H9N3O4. The molecule has 0 aromatic heterocycles. The Morgan fingerprint density at radius 3 is 2.56 bits per heavy atom. The molecule has 0 heterocycles. The van der Waals surface area contributed by atoms with Crippen molar-refractivity contribution in [3.05, 3.63) is 39.9 Å². The van der Waals surface area contributed by atoms with E-state index in [4.69, 9.17) is 5.73 Å². The van der Waals surface area contributed by atoms with Crippen molar-refractivity contribution in [1.29, 1.82) is 0 Å². The predicted octanol–water partition coefficient (Wildman–Crippen LogP) is 0.000700. The van der Waals surface area contributed by atoms with Crippen LogP contribution in [0.5, 0.6) is 0 Å². The zero-order valence-electron chi connectivity index (χ0n) is 8.17. The van der Waals surface area contributed by atoms with Gasteiger partial charge in [-0.2, -0.15) is 0 Å². The number of hydrogen-bond acceptors (Lipinski definition) is 4. The number of hydrogen-bond donors (Lipinski definition) is 2. The van der Waals surface area contributed by atoms with Gasteiger partial charge in [0.25, 0.3) is 18.4 Å². The van der Waals surface area contributed by atoms with Gasteiger partial charge in [0.15, 0.2) is 0 Å². The Hall–Kier alpha value is -2.44. The molecule has 2 amide bonds. The van der Waals surface area contributed by atoms with E-state index in [1.807, 2.05) is 0 Å². The number of anilines is 1. The minimum atomic E-state index is -0.854. The molecule has 1 aromatic rings. The summed E-state index contributed by atoms with van der Waals surface area (Å²) in [6.45, 7) is -0.854. The predicted molar refractivity (Wildman–Crippen MR) is 55.5 cm³/mol. The number of amides is 2. The van der Waals surface area contributed by atoms with E-state index in [0.29, 0.717) is 0 Å². The second kappa shape index (κ2) is 4.87. The van der Waals surface area contributed by atoms with E-state index in [1.165, 1.54) is 12.1 Å². The lowest BCUT2D eigenvalue weighted by Crippen LogP contribution is -2.23. The summed E-state index contributed by atoms with van der Waals surface area (Å²) < 4.78 is 0. The number of para-hydroxylation sites is 1. The second-order valence-electron chi connectivity index (χ2n) is 2.95. The lowest BCUT2D eigenvalue weighted by Gasteiger charge is -2.06. The maximum absolute atomic E-state index is 11.1. The molecule has 0 fully saturated rings. The molecule has 0 spiro atoms. The molecule has 0 aliphatic rings. The molecule has 0 saturated heterocycles. The Bertz CT molecular complexity index is 444. The number of nitro groups is 1. The highest BCUT2D eigenvalue weighted by atomic mass is 16.6. The summed E-state index contributed by atoms with van der Waals surface area (Å²) in [5, 5.41) is 12.3. The van der Waals surface area contributed by atoms with E-state index in [9.17, 15) is 19.7 Å². The van der Waals surface area contributed by atoms with Crippen molar-refractivity contribution in [2.24, 2.45) is 5.73 Å². The van der Waals surface area contributed by atoms with Gasteiger partial charge in [-0.25, -0.2) is 0 Å². The van der Waals surface area contributed by atoms with Gasteiger partial charge in [-0.3, -0.25) is 19.7 Å². The fourth-order valence-corrected chi connectivity index (χ4v) is 1.11. The molecule has 0 atom stereocenters. The molecule has 7 heteroatoms. The van der Waals surface area contributed by atoms with Gasteiger partial charge in [0.2, 0.25) is 0 Å². The van der Waals surface area contributed by atoms with Crippen molar-refractivity contribution >= 4 is 17.5 Å². The summed E-state index contributed by atoms with van der Waals surface area (Å²) in [6.07, 6.45) is 0. The first-order valence-corrected chi connectivity index (χ1v) is 4.31. The van der Waals surface area contributed by atoms with Gasteiger partial charge in [0.1, 0.15) is 0 Å². The van der Waals surface area contributed by atoms with Gasteiger partial charge in [0.05, 0.1) is 11.3 Å². The van der Waals surface area contributed by atoms with Crippen molar-refractivity contribution in [1.82, 2.24) is 0 Å². The average Bonchev–Trinajstić information content (AvgIpc) is 2.16. The van der Waals surface area contributed by atoms with Crippen molar-refractivity contribution < 1.29 is 14.5 Å². The first kappa shape index (κ1) is 11.6. The maximum atomic E-state index is 11.1. The molecule has 3 N–H and O–H groups in total. The molecule has 7 nitrogen and oxygen atoms in total. The van der Waals surface area contributed by atoms with E-state index in [-0.39, 0.29) is 11.3 Å². The second-order valence-corrected chi connectivity index (χ2v) is 2.95. The SMILES string of the molecule is NC(=O)c1ccccc1NC(=O)C[N+](=O)[O-]. The number of nitrogens with two attached hydrogens (primary N) is 1. The first-order chi connectivity index (χ1) is 7.50. The van der Waals surface area contributed by atoms with Gasteiger partial charge < -0.3 is 11.1 Å². The van der Waals surface area contributed by atoms with Crippen molar-refractivity contribution in [2.75, 3.05) is 11.9 Å². The fourth-order valence-electron chi connectivity index (χ4n) is 1.11. The summed E-state index contributed by atoms with van der Waals surface area (Å²) in [4.78, 5) is 31.4. The quantitative estimate of drug-likeness (QED) is 0.552. The van der Waals surface area contributed by atoms with Crippen LogP contribution in [0.3, 0.4) is 0 Å².